The van der Waals surface area contributed by atoms with Crippen LogP contribution >= 0.6 is 0 Å². The average Bonchev–Trinajstić information content (AvgIpc) is 2.78. The molecule has 0 aliphatic rings. The third-order valence-corrected chi connectivity index (χ3v) is 2.80. The van der Waals surface area contributed by atoms with Crippen molar-refractivity contribution in [2.24, 2.45) is 0 Å². The topological polar surface area (TPSA) is 42.7 Å². The summed E-state index contributed by atoms with van der Waals surface area (Å²) in [6.07, 6.45) is 5.02. The van der Waals surface area contributed by atoms with Gasteiger partial charge in [-0.1, -0.05) is 13.0 Å². The van der Waals surface area contributed by atoms with Crippen LogP contribution in [-0.4, -0.2) is 14.5 Å². The maximum atomic E-state index is 4.46. The van der Waals surface area contributed by atoms with E-state index in [0.717, 1.165) is 43.3 Å². The molecule has 4 heteroatoms. The average molecular weight is 244 g/mol. The molecule has 0 aliphatic carbocycles. The van der Waals surface area contributed by atoms with Crippen molar-refractivity contribution in [3.63, 3.8) is 0 Å². The molecule has 4 nitrogen and oxygen atoms in total. The van der Waals surface area contributed by atoms with Crippen LogP contribution in [0.5, 0.6) is 0 Å². The number of aryl methyl sites for hydroxylation is 2. The summed E-state index contributed by atoms with van der Waals surface area (Å²) < 4.78 is 2.19. The minimum absolute atomic E-state index is 0.778. The summed E-state index contributed by atoms with van der Waals surface area (Å²) in [4.78, 5) is 8.82. The lowest BCUT2D eigenvalue weighted by Gasteiger charge is -2.07. The second-order valence-corrected chi connectivity index (χ2v) is 4.41. The first-order valence-corrected chi connectivity index (χ1v) is 6.43. The first-order valence-electron chi connectivity index (χ1n) is 6.43. The van der Waals surface area contributed by atoms with E-state index >= 15 is 0 Å². The molecule has 0 aromatic carbocycles. The Morgan fingerprint density at radius 3 is 2.94 bits per heavy atom. The fraction of sp³-hybridized carbons (Fsp3) is 0.429. The number of hydrogen-bond donors (Lipinski definition) is 1. The molecule has 0 unspecified atom stereocenters. The van der Waals surface area contributed by atoms with Gasteiger partial charge in [-0.3, -0.25) is 4.98 Å². The molecule has 1 N–H and O–H groups in total. The van der Waals surface area contributed by atoms with Crippen molar-refractivity contribution in [1.82, 2.24) is 19.9 Å². The number of hydrogen-bond acceptors (Lipinski definition) is 3. The van der Waals surface area contributed by atoms with Crippen molar-refractivity contribution in [3.05, 3.63) is 47.8 Å². The van der Waals surface area contributed by atoms with E-state index < -0.39 is 0 Å². The van der Waals surface area contributed by atoms with Crippen LogP contribution in [0.1, 0.15) is 30.6 Å². The van der Waals surface area contributed by atoms with E-state index in [-0.39, 0.29) is 0 Å². The lowest BCUT2D eigenvalue weighted by molar-refractivity contribution is 0.584. The molecule has 96 valence electrons. The lowest BCUT2D eigenvalue weighted by atomic mass is 10.3. The summed E-state index contributed by atoms with van der Waals surface area (Å²) >= 11 is 0. The molecule has 0 atom stereocenters. The molecule has 0 saturated carbocycles. The number of nitrogens with zero attached hydrogens (tertiary/aromatic N) is 3. The van der Waals surface area contributed by atoms with Crippen molar-refractivity contribution < 1.29 is 0 Å². The number of pyridine rings is 1. The van der Waals surface area contributed by atoms with Crippen LogP contribution in [0.3, 0.4) is 0 Å². The van der Waals surface area contributed by atoms with Gasteiger partial charge in [-0.25, -0.2) is 4.98 Å². The fourth-order valence-corrected chi connectivity index (χ4v) is 1.95. The van der Waals surface area contributed by atoms with Crippen molar-refractivity contribution in [1.29, 1.82) is 0 Å². The Balaban J connectivity index is 1.86. The van der Waals surface area contributed by atoms with Gasteiger partial charge in [-0.2, -0.15) is 0 Å². The van der Waals surface area contributed by atoms with Crippen molar-refractivity contribution in [2.75, 3.05) is 0 Å². The molecule has 0 spiro atoms. The van der Waals surface area contributed by atoms with Crippen LogP contribution in [0.15, 0.2) is 30.6 Å². The highest BCUT2D eigenvalue weighted by Crippen LogP contribution is 2.01. The highest BCUT2D eigenvalue weighted by Gasteiger charge is 2.01. The van der Waals surface area contributed by atoms with Crippen molar-refractivity contribution >= 4 is 0 Å². The van der Waals surface area contributed by atoms with Crippen LogP contribution in [0, 0.1) is 6.92 Å². The first-order chi connectivity index (χ1) is 8.79. The third kappa shape index (κ3) is 3.40. The van der Waals surface area contributed by atoms with Gasteiger partial charge in [0, 0.05) is 31.2 Å². The van der Waals surface area contributed by atoms with Gasteiger partial charge in [0.05, 0.1) is 12.2 Å². The molecular weight excluding hydrogens is 224 g/mol. The van der Waals surface area contributed by atoms with Crippen molar-refractivity contribution in [3.8, 4) is 0 Å². The maximum absolute atomic E-state index is 4.46. The maximum Gasteiger partial charge on any atom is 0.122 e. The van der Waals surface area contributed by atoms with Gasteiger partial charge in [0.1, 0.15) is 5.82 Å². The largest absolute Gasteiger partial charge is 0.334 e. The minimum Gasteiger partial charge on any atom is -0.334 e. The van der Waals surface area contributed by atoms with Crippen molar-refractivity contribution in [2.45, 2.75) is 39.9 Å². The molecule has 2 aromatic rings. The predicted molar refractivity (Wildman–Crippen MR) is 72.0 cm³/mol. The van der Waals surface area contributed by atoms with E-state index in [4.69, 9.17) is 0 Å². The Bertz CT molecular complexity index is 490. The fourth-order valence-electron chi connectivity index (χ4n) is 1.95. The molecule has 18 heavy (non-hydrogen) atoms. The SMILES string of the molecule is CCCn1ccnc1CNCc1cccc(C)n1. The van der Waals surface area contributed by atoms with E-state index in [1.807, 2.05) is 37.5 Å². The predicted octanol–water partition coefficient (Wildman–Crippen LogP) is 2.29. The number of imidazole rings is 1. The zero-order valence-electron chi connectivity index (χ0n) is 11.1. The quantitative estimate of drug-likeness (QED) is 0.847. The monoisotopic (exact) mass is 244 g/mol. The molecule has 0 fully saturated rings. The van der Waals surface area contributed by atoms with Crippen LogP contribution < -0.4 is 5.32 Å². The van der Waals surface area contributed by atoms with Crippen LogP contribution in [0.4, 0.5) is 0 Å². The Morgan fingerprint density at radius 2 is 2.17 bits per heavy atom. The molecule has 0 saturated heterocycles. The molecule has 2 aromatic heterocycles. The highest BCUT2D eigenvalue weighted by atomic mass is 15.1. The van der Waals surface area contributed by atoms with E-state index in [9.17, 15) is 0 Å². The molecule has 2 rings (SSSR count). The van der Waals surface area contributed by atoms with E-state index in [0.29, 0.717) is 0 Å². The van der Waals surface area contributed by atoms with E-state index in [1.54, 1.807) is 0 Å². The summed E-state index contributed by atoms with van der Waals surface area (Å²) in [6, 6.07) is 6.09. The summed E-state index contributed by atoms with van der Waals surface area (Å²) in [5.74, 6) is 1.09. The summed E-state index contributed by atoms with van der Waals surface area (Å²) in [5.41, 5.74) is 2.13. The van der Waals surface area contributed by atoms with Gasteiger partial charge in [-0.05, 0) is 25.5 Å². The number of aromatic nitrogens is 3. The summed E-state index contributed by atoms with van der Waals surface area (Å²) in [5, 5.41) is 3.38. The van der Waals surface area contributed by atoms with E-state index in [2.05, 4.69) is 26.8 Å². The molecule has 0 bridgehead atoms. The Labute approximate surface area is 108 Å². The van der Waals surface area contributed by atoms with Gasteiger partial charge in [0.25, 0.3) is 0 Å². The molecule has 2 heterocycles. The third-order valence-electron chi connectivity index (χ3n) is 2.80. The Morgan fingerprint density at radius 1 is 1.28 bits per heavy atom. The van der Waals surface area contributed by atoms with Gasteiger partial charge >= 0.3 is 0 Å². The van der Waals surface area contributed by atoms with Gasteiger partial charge in [0.2, 0.25) is 0 Å². The second kappa shape index (κ2) is 6.31. The van der Waals surface area contributed by atoms with Crippen LogP contribution in [-0.2, 0) is 19.6 Å². The zero-order chi connectivity index (χ0) is 12.8. The van der Waals surface area contributed by atoms with Gasteiger partial charge in [0.15, 0.2) is 0 Å². The highest BCUT2D eigenvalue weighted by molar-refractivity contribution is 5.09. The Kier molecular flexibility index (Phi) is 4.47. The number of rotatable bonds is 6. The van der Waals surface area contributed by atoms with Crippen LogP contribution in [0.25, 0.3) is 0 Å². The standard InChI is InChI=1S/C14H20N4/c1-3-8-18-9-7-16-14(18)11-15-10-13-6-4-5-12(2)17-13/h4-7,9,15H,3,8,10-11H2,1-2H3. The zero-order valence-corrected chi connectivity index (χ0v) is 11.1. The van der Waals surface area contributed by atoms with E-state index in [1.165, 1.54) is 0 Å². The first kappa shape index (κ1) is 12.8. The second-order valence-electron chi connectivity index (χ2n) is 4.41. The molecule has 0 amide bonds. The molecular formula is C14H20N4. The molecule has 0 radical (unpaired) electrons. The number of nitrogens with one attached hydrogen (secondary N) is 1. The summed E-state index contributed by atoms with van der Waals surface area (Å²) in [6.45, 7) is 6.77. The smallest absolute Gasteiger partial charge is 0.122 e. The summed E-state index contributed by atoms with van der Waals surface area (Å²) in [7, 11) is 0. The lowest BCUT2D eigenvalue weighted by Crippen LogP contribution is -2.17. The van der Waals surface area contributed by atoms with Crippen LogP contribution in [0.2, 0.25) is 0 Å². The molecule has 0 aliphatic heterocycles. The van der Waals surface area contributed by atoms with Gasteiger partial charge in [-0.15, -0.1) is 0 Å². The Hall–Kier alpha value is -1.68. The normalized spacial score (nSPS) is 10.8. The van der Waals surface area contributed by atoms with Gasteiger partial charge < -0.3 is 9.88 Å². The minimum atomic E-state index is 0.778.